The van der Waals surface area contributed by atoms with Crippen LogP contribution in [-0.4, -0.2) is 23.2 Å². The maximum absolute atomic E-state index is 10.9. The Hall–Kier alpha value is -0.570. The lowest BCUT2D eigenvalue weighted by atomic mass is 9.48. The Labute approximate surface area is 116 Å². The molecule has 1 unspecified atom stereocenters. The number of carboxylic acid groups (broad SMARTS) is 1. The van der Waals surface area contributed by atoms with E-state index < -0.39 is 12.0 Å². The summed E-state index contributed by atoms with van der Waals surface area (Å²) in [4.78, 5) is 10.9. The molecule has 0 aromatic carbocycles. The van der Waals surface area contributed by atoms with Crippen LogP contribution in [0, 0.1) is 23.2 Å². The molecule has 2 N–H and O–H groups in total. The molecule has 0 radical (unpaired) electrons. The molecular formula is C16H27NO2. The van der Waals surface area contributed by atoms with Crippen LogP contribution >= 0.6 is 0 Å². The van der Waals surface area contributed by atoms with E-state index in [0.717, 1.165) is 17.8 Å². The van der Waals surface area contributed by atoms with Crippen molar-refractivity contribution in [1.82, 2.24) is 5.32 Å². The third kappa shape index (κ3) is 2.67. The summed E-state index contributed by atoms with van der Waals surface area (Å²) in [6, 6.07) is -0.105. The second-order valence-corrected chi connectivity index (χ2v) is 7.75. The second-order valence-electron chi connectivity index (χ2n) is 7.75. The van der Waals surface area contributed by atoms with Gasteiger partial charge < -0.3 is 10.4 Å². The van der Waals surface area contributed by atoms with Crippen LogP contribution in [0.2, 0.25) is 0 Å². The summed E-state index contributed by atoms with van der Waals surface area (Å²) in [7, 11) is 0. The molecule has 0 amide bonds. The van der Waals surface area contributed by atoms with Gasteiger partial charge in [0.15, 0.2) is 0 Å². The minimum absolute atomic E-state index is 0.322. The monoisotopic (exact) mass is 265 g/mol. The minimum Gasteiger partial charge on any atom is -0.480 e. The van der Waals surface area contributed by atoms with Crippen LogP contribution in [-0.2, 0) is 4.79 Å². The molecular weight excluding hydrogens is 238 g/mol. The number of carbonyl (C=O) groups is 1. The van der Waals surface area contributed by atoms with Gasteiger partial charge in [0.05, 0.1) is 0 Å². The van der Waals surface area contributed by atoms with E-state index in [0.29, 0.717) is 11.5 Å². The summed E-state index contributed by atoms with van der Waals surface area (Å²) in [5, 5.41) is 12.3. The Morgan fingerprint density at radius 3 is 2.05 bits per heavy atom. The number of aliphatic carboxylic acids is 1. The van der Waals surface area contributed by atoms with E-state index in [2.05, 4.69) is 12.2 Å². The maximum Gasteiger partial charge on any atom is 0.320 e. The molecule has 4 aliphatic rings. The predicted molar refractivity (Wildman–Crippen MR) is 74.9 cm³/mol. The van der Waals surface area contributed by atoms with Gasteiger partial charge in [-0.15, -0.1) is 0 Å². The van der Waals surface area contributed by atoms with Crippen molar-refractivity contribution in [2.24, 2.45) is 23.2 Å². The highest BCUT2D eigenvalue weighted by Gasteiger charge is 2.50. The second kappa shape index (κ2) is 4.76. The van der Waals surface area contributed by atoms with E-state index in [1.165, 1.54) is 44.9 Å². The Morgan fingerprint density at radius 1 is 1.16 bits per heavy atom. The van der Waals surface area contributed by atoms with Crippen molar-refractivity contribution in [1.29, 1.82) is 0 Å². The Kier molecular flexibility index (Phi) is 3.36. The normalized spacial score (nSPS) is 43.2. The van der Waals surface area contributed by atoms with Crippen molar-refractivity contribution in [3.05, 3.63) is 0 Å². The van der Waals surface area contributed by atoms with Gasteiger partial charge in [0.2, 0.25) is 0 Å². The molecule has 0 spiro atoms. The molecule has 19 heavy (non-hydrogen) atoms. The summed E-state index contributed by atoms with van der Waals surface area (Å²) in [5.41, 5.74) is 0.541. The van der Waals surface area contributed by atoms with Gasteiger partial charge in [-0.1, -0.05) is 0 Å². The number of carboxylic acids is 1. The fourth-order valence-electron chi connectivity index (χ4n) is 5.75. The fourth-order valence-corrected chi connectivity index (χ4v) is 5.75. The molecule has 4 fully saturated rings. The largest absolute Gasteiger partial charge is 0.480 e. The highest BCUT2D eigenvalue weighted by molar-refractivity contribution is 5.72. The Morgan fingerprint density at radius 2 is 1.63 bits per heavy atom. The van der Waals surface area contributed by atoms with Crippen molar-refractivity contribution >= 4 is 5.97 Å². The lowest BCUT2D eigenvalue weighted by Gasteiger charge is -2.57. The van der Waals surface area contributed by atoms with Crippen molar-refractivity contribution < 1.29 is 9.90 Å². The van der Waals surface area contributed by atoms with E-state index in [4.69, 9.17) is 5.11 Å². The van der Waals surface area contributed by atoms with Gasteiger partial charge in [0, 0.05) is 6.04 Å². The molecule has 4 bridgehead atoms. The first kappa shape index (κ1) is 13.4. The van der Waals surface area contributed by atoms with Crippen LogP contribution < -0.4 is 5.32 Å². The van der Waals surface area contributed by atoms with Crippen molar-refractivity contribution in [3.8, 4) is 0 Å². The number of rotatable bonds is 5. The van der Waals surface area contributed by atoms with Gasteiger partial charge in [-0.25, -0.2) is 0 Å². The summed E-state index contributed by atoms with van der Waals surface area (Å²) in [5.74, 6) is 2.21. The van der Waals surface area contributed by atoms with Gasteiger partial charge in [-0.05, 0) is 82.0 Å². The highest BCUT2D eigenvalue weighted by atomic mass is 16.4. The number of hydrogen-bond acceptors (Lipinski definition) is 2. The average Bonchev–Trinajstić information content (AvgIpc) is 2.25. The quantitative estimate of drug-likeness (QED) is 0.803. The lowest BCUT2D eigenvalue weighted by molar-refractivity contribution is -0.139. The van der Waals surface area contributed by atoms with Crippen molar-refractivity contribution in [2.45, 2.75) is 70.9 Å². The first-order valence-corrected chi connectivity index (χ1v) is 7.95. The SMILES string of the molecule is CC(CC12CC3CC(CC(C3)C1)C2)N[C@@H](C)C(=O)O. The molecule has 0 aromatic heterocycles. The van der Waals surface area contributed by atoms with Crippen LogP contribution in [0.25, 0.3) is 0 Å². The molecule has 4 rings (SSSR count). The summed E-state index contributed by atoms with van der Waals surface area (Å²) in [6.07, 6.45) is 9.84. The van der Waals surface area contributed by atoms with E-state index in [1.807, 2.05) is 0 Å². The van der Waals surface area contributed by atoms with Crippen LogP contribution in [0.15, 0.2) is 0 Å². The van der Waals surface area contributed by atoms with E-state index >= 15 is 0 Å². The topological polar surface area (TPSA) is 49.3 Å². The zero-order valence-electron chi connectivity index (χ0n) is 12.2. The molecule has 0 heterocycles. The molecule has 0 saturated heterocycles. The molecule has 0 aliphatic heterocycles. The zero-order chi connectivity index (χ0) is 13.6. The Balaban J connectivity index is 1.61. The third-order valence-corrected chi connectivity index (χ3v) is 5.81. The van der Waals surface area contributed by atoms with E-state index in [-0.39, 0.29) is 0 Å². The molecule has 3 heteroatoms. The zero-order valence-corrected chi connectivity index (χ0v) is 12.2. The standard InChI is InChI=1S/C16H27NO2/c1-10(17-11(2)15(18)19)6-16-7-12-3-13(8-16)5-14(4-12)9-16/h10-14,17H,3-9H2,1-2H3,(H,18,19)/t10?,11-,12?,13?,14?,16?/m0/s1. The number of hydrogen-bond donors (Lipinski definition) is 2. The van der Waals surface area contributed by atoms with Crippen LogP contribution in [0.3, 0.4) is 0 Å². The molecule has 3 nitrogen and oxygen atoms in total. The van der Waals surface area contributed by atoms with Gasteiger partial charge in [-0.3, -0.25) is 4.79 Å². The highest BCUT2D eigenvalue weighted by Crippen LogP contribution is 2.61. The maximum atomic E-state index is 10.9. The van der Waals surface area contributed by atoms with E-state index in [9.17, 15) is 4.79 Å². The lowest BCUT2D eigenvalue weighted by Crippen LogP contribution is -2.50. The average molecular weight is 265 g/mol. The first-order valence-electron chi connectivity index (χ1n) is 7.95. The smallest absolute Gasteiger partial charge is 0.320 e. The van der Waals surface area contributed by atoms with Gasteiger partial charge >= 0.3 is 5.97 Å². The summed E-state index contributed by atoms with van der Waals surface area (Å²) in [6.45, 7) is 3.91. The van der Waals surface area contributed by atoms with E-state index in [1.54, 1.807) is 6.92 Å². The molecule has 4 aliphatic carbocycles. The summed E-state index contributed by atoms with van der Waals surface area (Å²) < 4.78 is 0. The Bertz CT molecular complexity index is 330. The summed E-state index contributed by atoms with van der Waals surface area (Å²) >= 11 is 0. The van der Waals surface area contributed by atoms with Gasteiger partial charge in [0.25, 0.3) is 0 Å². The molecule has 4 saturated carbocycles. The van der Waals surface area contributed by atoms with Crippen LogP contribution in [0.5, 0.6) is 0 Å². The fraction of sp³-hybridized carbons (Fsp3) is 0.938. The van der Waals surface area contributed by atoms with Gasteiger partial charge in [-0.2, -0.15) is 0 Å². The molecule has 108 valence electrons. The van der Waals surface area contributed by atoms with Crippen molar-refractivity contribution in [2.75, 3.05) is 0 Å². The van der Waals surface area contributed by atoms with Crippen molar-refractivity contribution in [3.63, 3.8) is 0 Å². The first-order chi connectivity index (χ1) is 8.96. The van der Waals surface area contributed by atoms with Gasteiger partial charge in [0.1, 0.15) is 6.04 Å². The number of nitrogens with one attached hydrogen (secondary N) is 1. The van der Waals surface area contributed by atoms with Crippen LogP contribution in [0.4, 0.5) is 0 Å². The minimum atomic E-state index is -0.739. The third-order valence-electron chi connectivity index (χ3n) is 5.81. The van der Waals surface area contributed by atoms with Crippen LogP contribution in [0.1, 0.15) is 58.8 Å². The molecule has 0 aromatic rings. The predicted octanol–water partition coefficient (Wildman–Crippen LogP) is 3.04. The molecule has 2 atom stereocenters.